The summed E-state index contributed by atoms with van der Waals surface area (Å²) in [5, 5.41) is 3.58. The molecule has 0 radical (unpaired) electrons. The van der Waals surface area contributed by atoms with Crippen molar-refractivity contribution in [3.63, 3.8) is 0 Å². The summed E-state index contributed by atoms with van der Waals surface area (Å²) >= 11 is 3.58. The lowest BCUT2D eigenvalue weighted by molar-refractivity contribution is 0.406. The monoisotopic (exact) mass is 333 g/mol. The largest absolute Gasteiger partial charge is 0.496 e. The van der Waals surface area contributed by atoms with Crippen molar-refractivity contribution in [2.45, 2.75) is 26.3 Å². The number of nitrogens with one attached hydrogen (secondary N) is 1. The van der Waals surface area contributed by atoms with Gasteiger partial charge in [-0.25, -0.2) is 0 Å². The predicted molar refractivity (Wildman–Crippen MR) is 88.5 cm³/mol. The average Bonchev–Trinajstić information content (AvgIpc) is 2.48. The Morgan fingerprint density at radius 3 is 2.60 bits per heavy atom. The van der Waals surface area contributed by atoms with Crippen LogP contribution in [0.5, 0.6) is 5.75 Å². The maximum absolute atomic E-state index is 5.46. The smallest absolute Gasteiger partial charge is 0.124 e. The van der Waals surface area contributed by atoms with Gasteiger partial charge in [0.15, 0.2) is 0 Å². The van der Waals surface area contributed by atoms with E-state index in [9.17, 15) is 0 Å². The molecule has 0 amide bonds. The maximum atomic E-state index is 5.46. The third-order valence-electron chi connectivity index (χ3n) is 3.44. The van der Waals surface area contributed by atoms with E-state index in [1.807, 2.05) is 18.2 Å². The van der Waals surface area contributed by atoms with E-state index in [0.717, 1.165) is 22.3 Å². The second-order valence-corrected chi connectivity index (χ2v) is 5.67. The molecule has 2 nitrogen and oxygen atoms in total. The third kappa shape index (κ3) is 3.34. The van der Waals surface area contributed by atoms with Crippen molar-refractivity contribution in [1.29, 1.82) is 0 Å². The summed E-state index contributed by atoms with van der Waals surface area (Å²) in [5.41, 5.74) is 3.54. The molecule has 0 aliphatic rings. The predicted octanol–water partition coefficient (Wildman–Crippen LogP) is 5.33. The highest BCUT2D eigenvalue weighted by molar-refractivity contribution is 9.10. The van der Waals surface area contributed by atoms with Crippen LogP contribution in [0.1, 0.15) is 30.5 Å². The van der Waals surface area contributed by atoms with E-state index >= 15 is 0 Å². The van der Waals surface area contributed by atoms with Crippen molar-refractivity contribution in [1.82, 2.24) is 0 Å². The lowest BCUT2D eigenvalue weighted by Crippen LogP contribution is -2.11. The molecular weight excluding hydrogens is 314 g/mol. The molecule has 1 atom stereocenters. The summed E-state index contributed by atoms with van der Waals surface area (Å²) < 4.78 is 6.58. The molecule has 106 valence electrons. The van der Waals surface area contributed by atoms with E-state index in [1.165, 1.54) is 11.1 Å². The van der Waals surface area contributed by atoms with E-state index in [0.29, 0.717) is 0 Å². The topological polar surface area (TPSA) is 21.3 Å². The molecule has 2 aromatic rings. The van der Waals surface area contributed by atoms with Gasteiger partial charge in [0.1, 0.15) is 5.75 Å². The Kier molecular flexibility index (Phi) is 5.07. The SMILES string of the molecule is CCC(Nc1ccc(C)c(Br)c1)c1ccccc1OC. The van der Waals surface area contributed by atoms with Gasteiger partial charge in [-0.1, -0.05) is 47.1 Å². The zero-order chi connectivity index (χ0) is 14.5. The number of hydrogen-bond acceptors (Lipinski definition) is 2. The summed E-state index contributed by atoms with van der Waals surface area (Å²) in [6, 6.07) is 14.7. The van der Waals surface area contributed by atoms with Crippen LogP contribution in [0, 0.1) is 6.92 Å². The fraction of sp³-hybridized carbons (Fsp3) is 0.294. The van der Waals surface area contributed by atoms with Crippen molar-refractivity contribution in [2.24, 2.45) is 0 Å². The molecule has 2 aromatic carbocycles. The summed E-state index contributed by atoms with van der Waals surface area (Å²) in [6.07, 6.45) is 0.992. The van der Waals surface area contributed by atoms with Gasteiger partial charge in [-0.15, -0.1) is 0 Å². The van der Waals surface area contributed by atoms with Gasteiger partial charge in [0.25, 0.3) is 0 Å². The first-order valence-electron chi connectivity index (χ1n) is 6.81. The number of ether oxygens (including phenoxy) is 1. The summed E-state index contributed by atoms with van der Waals surface area (Å²) in [7, 11) is 1.72. The van der Waals surface area contributed by atoms with E-state index in [4.69, 9.17) is 4.74 Å². The van der Waals surface area contributed by atoms with Crippen LogP contribution in [0.25, 0.3) is 0 Å². The Morgan fingerprint density at radius 2 is 1.95 bits per heavy atom. The van der Waals surface area contributed by atoms with Crippen LogP contribution in [-0.4, -0.2) is 7.11 Å². The Hall–Kier alpha value is -1.48. The van der Waals surface area contributed by atoms with Gasteiger partial charge >= 0.3 is 0 Å². The molecule has 20 heavy (non-hydrogen) atoms. The molecule has 1 unspecified atom stereocenters. The average molecular weight is 334 g/mol. The number of halogens is 1. The molecule has 0 saturated carbocycles. The highest BCUT2D eigenvalue weighted by atomic mass is 79.9. The number of para-hydroxylation sites is 1. The van der Waals surface area contributed by atoms with E-state index in [1.54, 1.807) is 7.11 Å². The molecule has 0 bridgehead atoms. The summed E-state index contributed by atoms with van der Waals surface area (Å²) in [6.45, 7) is 4.26. The highest BCUT2D eigenvalue weighted by Crippen LogP contribution is 2.31. The van der Waals surface area contributed by atoms with Crippen LogP contribution in [0.3, 0.4) is 0 Å². The van der Waals surface area contributed by atoms with E-state index in [2.05, 4.69) is 59.4 Å². The molecule has 3 heteroatoms. The molecule has 1 N–H and O–H groups in total. The van der Waals surface area contributed by atoms with Crippen molar-refractivity contribution in [3.05, 3.63) is 58.1 Å². The van der Waals surface area contributed by atoms with Gasteiger partial charge in [-0.2, -0.15) is 0 Å². The minimum Gasteiger partial charge on any atom is -0.496 e. The van der Waals surface area contributed by atoms with Crippen LogP contribution >= 0.6 is 15.9 Å². The summed E-state index contributed by atoms with van der Waals surface area (Å²) in [4.78, 5) is 0. The van der Waals surface area contributed by atoms with Gasteiger partial charge < -0.3 is 10.1 Å². The zero-order valence-corrected chi connectivity index (χ0v) is 13.7. The standard InChI is InChI=1S/C17H20BrNO/c1-4-16(14-7-5-6-8-17(14)20-3)19-13-10-9-12(2)15(18)11-13/h5-11,16,19H,4H2,1-3H3. The number of anilines is 1. The van der Waals surface area contributed by atoms with Gasteiger partial charge in [-0.05, 0) is 37.1 Å². The number of rotatable bonds is 5. The van der Waals surface area contributed by atoms with Crippen LogP contribution in [-0.2, 0) is 0 Å². The van der Waals surface area contributed by atoms with E-state index < -0.39 is 0 Å². The van der Waals surface area contributed by atoms with Crippen LogP contribution in [0.2, 0.25) is 0 Å². The number of methoxy groups -OCH3 is 1. The molecule has 0 aliphatic carbocycles. The maximum Gasteiger partial charge on any atom is 0.124 e. The molecule has 0 saturated heterocycles. The zero-order valence-electron chi connectivity index (χ0n) is 12.1. The first kappa shape index (κ1) is 14.9. The Balaban J connectivity index is 2.26. The number of aryl methyl sites for hydroxylation is 1. The minimum atomic E-state index is 0.237. The Morgan fingerprint density at radius 1 is 1.20 bits per heavy atom. The molecule has 0 fully saturated rings. The first-order valence-corrected chi connectivity index (χ1v) is 7.60. The van der Waals surface area contributed by atoms with Crippen molar-refractivity contribution >= 4 is 21.6 Å². The molecular formula is C17H20BrNO. The van der Waals surface area contributed by atoms with Crippen LogP contribution in [0.15, 0.2) is 46.9 Å². The van der Waals surface area contributed by atoms with Gasteiger partial charge in [0, 0.05) is 15.7 Å². The quantitative estimate of drug-likeness (QED) is 0.798. The lowest BCUT2D eigenvalue weighted by Gasteiger charge is -2.21. The van der Waals surface area contributed by atoms with Gasteiger partial charge in [0.05, 0.1) is 13.2 Å². The fourth-order valence-corrected chi connectivity index (χ4v) is 2.62. The first-order chi connectivity index (χ1) is 9.65. The molecule has 2 rings (SSSR count). The van der Waals surface area contributed by atoms with Crippen LogP contribution in [0.4, 0.5) is 5.69 Å². The molecule has 0 aromatic heterocycles. The Labute approximate surface area is 129 Å². The lowest BCUT2D eigenvalue weighted by atomic mass is 10.0. The highest BCUT2D eigenvalue weighted by Gasteiger charge is 2.14. The second kappa shape index (κ2) is 6.80. The van der Waals surface area contributed by atoms with Crippen molar-refractivity contribution in [3.8, 4) is 5.75 Å². The molecule has 0 spiro atoms. The van der Waals surface area contributed by atoms with Gasteiger partial charge in [0.2, 0.25) is 0 Å². The normalized spacial score (nSPS) is 12.0. The number of hydrogen-bond donors (Lipinski definition) is 1. The Bertz CT molecular complexity index is 583. The minimum absolute atomic E-state index is 0.237. The second-order valence-electron chi connectivity index (χ2n) is 4.81. The van der Waals surface area contributed by atoms with Gasteiger partial charge in [-0.3, -0.25) is 0 Å². The summed E-state index contributed by atoms with van der Waals surface area (Å²) in [5.74, 6) is 0.929. The fourth-order valence-electron chi connectivity index (χ4n) is 2.24. The molecule has 0 aliphatic heterocycles. The van der Waals surface area contributed by atoms with E-state index in [-0.39, 0.29) is 6.04 Å². The third-order valence-corrected chi connectivity index (χ3v) is 4.29. The van der Waals surface area contributed by atoms with Crippen molar-refractivity contribution < 1.29 is 4.74 Å². The number of benzene rings is 2. The van der Waals surface area contributed by atoms with Crippen molar-refractivity contribution in [2.75, 3.05) is 12.4 Å². The molecule has 0 heterocycles. The van der Waals surface area contributed by atoms with Crippen LogP contribution < -0.4 is 10.1 Å².